The predicted octanol–water partition coefficient (Wildman–Crippen LogP) is 11.5. The highest BCUT2D eigenvalue weighted by molar-refractivity contribution is 7.26. The first-order valence-corrected chi connectivity index (χ1v) is 14.3. The molecule has 0 aliphatic carbocycles. The minimum absolute atomic E-state index is 1.27. The zero-order valence-corrected chi connectivity index (χ0v) is 21.9. The quantitative estimate of drug-likeness (QED) is 0.193. The highest BCUT2D eigenvalue weighted by atomic mass is 32.1. The van der Waals surface area contributed by atoms with Crippen LogP contribution in [0.2, 0.25) is 0 Å². The molecule has 0 unspecified atom stereocenters. The highest BCUT2D eigenvalue weighted by Gasteiger charge is 2.17. The van der Waals surface area contributed by atoms with E-state index in [9.17, 15) is 0 Å². The van der Waals surface area contributed by atoms with Crippen molar-refractivity contribution in [2.75, 3.05) is 0 Å². The molecule has 0 saturated carbocycles. The van der Waals surface area contributed by atoms with E-state index in [1.807, 2.05) is 11.3 Å². The lowest BCUT2D eigenvalue weighted by molar-refractivity contribution is 1.73. The summed E-state index contributed by atoms with van der Waals surface area (Å²) in [6, 6.07) is 49.4. The maximum Gasteiger partial charge on any atom is 0.0433 e. The van der Waals surface area contributed by atoms with Gasteiger partial charge in [0.25, 0.3) is 0 Å². The number of thiophene rings is 1. The Hall–Kier alpha value is -4.72. The van der Waals surface area contributed by atoms with Gasteiger partial charge in [0.1, 0.15) is 0 Å². The first-order valence-electron chi connectivity index (χ1n) is 13.4. The molecule has 0 bridgehead atoms. The van der Waals surface area contributed by atoms with Gasteiger partial charge in [-0.1, -0.05) is 121 Å². The fourth-order valence-electron chi connectivity index (χ4n) is 6.76. The van der Waals surface area contributed by atoms with E-state index >= 15 is 0 Å². The van der Waals surface area contributed by atoms with Crippen LogP contribution in [0.25, 0.3) is 85.2 Å². The second-order valence-electron chi connectivity index (χ2n) is 10.4. The fourth-order valence-corrected chi connectivity index (χ4v) is 8.00. The Balaban J connectivity index is 1.50. The van der Waals surface area contributed by atoms with Crippen molar-refractivity contribution in [1.82, 2.24) is 0 Å². The largest absolute Gasteiger partial charge is 0.135 e. The first kappa shape index (κ1) is 21.2. The molecule has 0 amide bonds. The zero-order valence-electron chi connectivity index (χ0n) is 21.1. The van der Waals surface area contributed by atoms with Crippen LogP contribution in [0.4, 0.5) is 0 Å². The second kappa shape index (κ2) is 7.89. The van der Waals surface area contributed by atoms with Gasteiger partial charge >= 0.3 is 0 Å². The van der Waals surface area contributed by atoms with Gasteiger partial charge in [0.15, 0.2) is 0 Å². The van der Waals surface area contributed by atoms with E-state index in [1.54, 1.807) is 0 Å². The van der Waals surface area contributed by atoms with Crippen LogP contribution in [0.5, 0.6) is 0 Å². The molecule has 0 fully saturated rings. The molecule has 0 atom stereocenters. The highest BCUT2D eigenvalue weighted by Crippen LogP contribution is 2.46. The normalized spacial score (nSPS) is 12.1. The molecular weight excluding hydrogens is 488 g/mol. The Morgan fingerprint density at radius 1 is 0.333 bits per heavy atom. The maximum absolute atomic E-state index is 2.45. The lowest BCUT2D eigenvalue weighted by Crippen LogP contribution is -1.89. The van der Waals surface area contributed by atoms with Crippen LogP contribution in [-0.4, -0.2) is 0 Å². The molecule has 0 spiro atoms. The van der Waals surface area contributed by atoms with E-state index in [0.29, 0.717) is 0 Å². The average molecular weight is 511 g/mol. The third-order valence-electron chi connectivity index (χ3n) is 8.42. The van der Waals surface area contributed by atoms with Crippen LogP contribution < -0.4 is 0 Å². The number of benzene rings is 8. The number of hydrogen-bond acceptors (Lipinski definition) is 1. The van der Waals surface area contributed by atoms with Crippen LogP contribution in [0.3, 0.4) is 0 Å². The van der Waals surface area contributed by atoms with E-state index in [0.717, 1.165) is 0 Å². The number of hydrogen-bond donors (Lipinski definition) is 0. The molecule has 9 rings (SSSR count). The summed E-state index contributed by atoms with van der Waals surface area (Å²) >= 11 is 1.90. The van der Waals surface area contributed by atoms with Gasteiger partial charge in [0, 0.05) is 20.2 Å². The van der Waals surface area contributed by atoms with Gasteiger partial charge in [0.05, 0.1) is 0 Å². The molecule has 1 heterocycles. The topological polar surface area (TPSA) is 0 Å². The lowest BCUT2D eigenvalue weighted by atomic mass is 9.86. The Morgan fingerprint density at radius 2 is 0.821 bits per heavy atom. The number of rotatable bonds is 1. The molecule has 0 aliphatic rings. The summed E-state index contributed by atoms with van der Waals surface area (Å²) < 4.78 is 2.70. The molecule has 39 heavy (non-hydrogen) atoms. The molecule has 1 heteroatoms. The number of fused-ring (bicyclic) bond motifs is 14. The van der Waals surface area contributed by atoms with Crippen molar-refractivity contribution in [3.63, 3.8) is 0 Å². The van der Waals surface area contributed by atoms with E-state index < -0.39 is 0 Å². The van der Waals surface area contributed by atoms with Gasteiger partial charge in [-0.3, -0.25) is 0 Å². The maximum atomic E-state index is 2.45. The standard InChI is InChI=1S/C38H22S/c1-4-14-30-25(10-1)26-11-2-6-16-32(26)37-34-22-23(20-21-28(34)27-12-3-5-15-31(27)36(30)37)24-17-9-18-33-29-13-7-8-19-35(29)39-38(24)33/h1-22H. The SMILES string of the molecule is c1ccc2c(c1)sc1c(-c3ccc4c5ccccc5c5c6ccccc6c6ccccc6c5c4c3)cccc12. The Labute approximate surface area is 229 Å². The van der Waals surface area contributed by atoms with E-state index in [2.05, 4.69) is 133 Å². The summed E-state index contributed by atoms with van der Waals surface area (Å²) in [5.41, 5.74) is 2.58. The molecule has 180 valence electrons. The molecular formula is C38H22S. The van der Waals surface area contributed by atoms with Gasteiger partial charge in [0.2, 0.25) is 0 Å². The monoisotopic (exact) mass is 510 g/mol. The van der Waals surface area contributed by atoms with Crippen molar-refractivity contribution in [2.24, 2.45) is 0 Å². The summed E-state index contributed by atoms with van der Waals surface area (Å²) in [7, 11) is 0. The van der Waals surface area contributed by atoms with Crippen molar-refractivity contribution in [2.45, 2.75) is 0 Å². The van der Waals surface area contributed by atoms with E-state index in [1.165, 1.54) is 85.2 Å². The summed E-state index contributed by atoms with van der Waals surface area (Å²) in [5.74, 6) is 0. The van der Waals surface area contributed by atoms with Gasteiger partial charge in [-0.05, 0) is 77.1 Å². The summed E-state index contributed by atoms with van der Waals surface area (Å²) in [4.78, 5) is 0. The first-order chi connectivity index (χ1) is 19.4. The minimum Gasteiger partial charge on any atom is -0.135 e. The van der Waals surface area contributed by atoms with Crippen LogP contribution in [0.1, 0.15) is 0 Å². The third kappa shape index (κ3) is 2.88. The van der Waals surface area contributed by atoms with Gasteiger partial charge in [-0.25, -0.2) is 0 Å². The predicted molar refractivity (Wildman–Crippen MR) is 172 cm³/mol. The van der Waals surface area contributed by atoms with Crippen LogP contribution in [0, 0.1) is 0 Å². The Morgan fingerprint density at radius 3 is 1.46 bits per heavy atom. The van der Waals surface area contributed by atoms with Crippen LogP contribution in [-0.2, 0) is 0 Å². The molecule has 8 aromatic carbocycles. The second-order valence-corrected chi connectivity index (χ2v) is 11.5. The average Bonchev–Trinajstić information content (AvgIpc) is 3.39. The van der Waals surface area contributed by atoms with Crippen molar-refractivity contribution in [1.29, 1.82) is 0 Å². The molecule has 9 aromatic rings. The van der Waals surface area contributed by atoms with Gasteiger partial charge < -0.3 is 0 Å². The fraction of sp³-hybridized carbons (Fsp3) is 0. The molecule has 1 aromatic heterocycles. The summed E-state index contributed by atoms with van der Waals surface area (Å²) in [6.45, 7) is 0. The molecule has 0 nitrogen and oxygen atoms in total. The van der Waals surface area contributed by atoms with Crippen molar-refractivity contribution >= 4 is 85.4 Å². The van der Waals surface area contributed by atoms with E-state index in [-0.39, 0.29) is 0 Å². The van der Waals surface area contributed by atoms with Crippen molar-refractivity contribution < 1.29 is 0 Å². The Bertz CT molecular complexity index is 2430. The zero-order chi connectivity index (χ0) is 25.5. The summed E-state index contributed by atoms with van der Waals surface area (Å²) in [6.07, 6.45) is 0. The molecule has 0 aliphatic heterocycles. The Kier molecular flexibility index (Phi) is 4.30. The molecule has 0 radical (unpaired) electrons. The third-order valence-corrected chi connectivity index (χ3v) is 9.64. The molecule has 0 N–H and O–H groups in total. The smallest absolute Gasteiger partial charge is 0.0433 e. The van der Waals surface area contributed by atoms with Crippen molar-refractivity contribution in [3.05, 3.63) is 133 Å². The minimum atomic E-state index is 1.27. The van der Waals surface area contributed by atoms with Gasteiger partial charge in [-0.2, -0.15) is 0 Å². The van der Waals surface area contributed by atoms with Crippen LogP contribution >= 0.6 is 11.3 Å². The van der Waals surface area contributed by atoms with Crippen molar-refractivity contribution in [3.8, 4) is 11.1 Å². The lowest BCUT2D eigenvalue weighted by Gasteiger charge is -2.17. The summed E-state index contributed by atoms with van der Waals surface area (Å²) in [5, 5.41) is 15.9. The van der Waals surface area contributed by atoms with E-state index in [4.69, 9.17) is 0 Å². The van der Waals surface area contributed by atoms with Crippen LogP contribution in [0.15, 0.2) is 133 Å². The molecule has 0 saturated heterocycles. The van der Waals surface area contributed by atoms with Gasteiger partial charge in [-0.15, -0.1) is 11.3 Å².